The van der Waals surface area contributed by atoms with Gasteiger partial charge in [0.2, 0.25) is 0 Å². The van der Waals surface area contributed by atoms with Crippen molar-refractivity contribution in [3.63, 3.8) is 0 Å². The largest absolute Gasteiger partial charge is 0.356 e. The van der Waals surface area contributed by atoms with Crippen LogP contribution in [-0.4, -0.2) is 29.7 Å². The molecule has 2 aromatic carbocycles. The molecule has 1 fully saturated rings. The number of benzene rings is 2. The Balaban J connectivity index is 2.08. The van der Waals surface area contributed by atoms with Crippen molar-refractivity contribution >= 4 is 11.7 Å². The van der Waals surface area contributed by atoms with Crippen LogP contribution in [0.25, 0.3) is 0 Å². The molecule has 0 N–H and O–H groups in total. The fourth-order valence-corrected chi connectivity index (χ4v) is 2.80. The molecular formula is C20H19F2N3. The highest BCUT2D eigenvalue weighted by molar-refractivity contribution is 6.11. The Labute approximate surface area is 146 Å². The first-order valence-electron chi connectivity index (χ1n) is 8.27. The Hall–Kier alpha value is -2.82. The second-order valence-electron chi connectivity index (χ2n) is 5.73. The van der Waals surface area contributed by atoms with E-state index in [2.05, 4.69) is 14.9 Å². The predicted octanol–water partition coefficient (Wildman–Crippen LogP) is 4.71. The van der Waals surface area contributed by atoms with Gasteiger partial charge in [0.25, 0.3) is 6.08 Å². The van der Waals surface area contributed by atoms with Gasteiger partial charge in [-0.2, -0.15) is 8.78 Å². The average Bonchev–Trinajstić information content (AvgIpc) is 3.17. The van der Waals surface area contributed by atoms with Crippen molar-refractivity contribution in [3.8, 4) is 0 Å². The summed E-state index contributed by atoms with van der Waals surface area (Å²) < 4.78 is 25.1. The minimum atomic E-state index is -1.84. The van der Waals surface area contributed by atoms with Crippen molar-refractivity contribution in [2.45, 2.75) is 12.8 Å². The van der Waals surface area contributed by atoms with Gasteiger partial charge in [-0.15, -0.1) is 0 Å². The molecule has 128 valence electrons. The van der Waals surface area contributed by atoms with Crippen molar-refractivity contribution in [2.24, 2.45) is 9.98 Å². The zero-order valence-corrected chi connectivity index (χ0v) is 13.8. The van der Waals surface area contributed by atoms with Gasteiger partial charge in [0, 0.05) is 24.2 Å². The average molecular weight is 339 g/mol. The lowest BCUT2D eigenvalue weighted by Gasteiger charge is -2.20. The third kappa shape index (κ3) is 4.59. The van der Waals surface area contributed by atoms with Crippen molar-refractivity contribution in [3.05, 3.63) is 84.1 Å². The van der Waals surface area contributed by atoms with Crippen LogP contribution in [0.15, 0.2) is 82.9 Å². The summed E-state index contributed by atoms with van der Waals surface area (Å²) in [6.07, 6.45) is 0.912. The fraction of sp³-hybridized carbons (Fsp3) is 0.200. The Bertz CT molecular complexity index is 773. The van der Waals surface area contributed by atoms with Gasteiger partial charge < -0.3 is 4.90 Å². The van der Waals surface area contributed by atoms with E-state index in [1.165, 1.54) is 0 Å². The van der Waals surface area contributed by atoms with Gasteiger partial charge in [0.05, 0.1) is 6.20 Å². The van der Waals surface area contributed by atoms with Crippen molar-refractivity contribution in [2.75, 3.05) is 13.1 Å². The third-order valence-electron chi connectivity index (χ3n) is 3.97. The highest BCUT2D eigenvalue weighted by Crippen LogP contribution is 2.16. The molecule has 1 saturated heterocycles. The zero-order valence-electron chi connectivity index (χ0n) is 13.8. The predicted molar refractivity (Wildman–Crippen MR) is 97.1 cm³/mol. The van der Waals surface area contributed by atoms with E-state index in [9.17, 15) is 8.78 Å². The molecule has 0 atom stereocenters. The number of amidine groups is 2. The molecule has 0 saturated carbocycles. The lowest BCUT2D eigenvalue weighted by atomic mass is 10.1. The first-order chi connectivity index (χ1) is 12.2. The number of hydrogen-bond donors (Lipinski definition) is 0. The summed E-state index contributed by atoms with van der Waals surface area (Å²) in [4.78, 5) is 10.8. The van der Waals surface area contributed by atoms with Crippen LogP contribution in [0.5, 0.6) is 0 Å². The minimum Gasteiger partial charge on any atom is -0.356 e. The van der Waals surface area contributed by atoms with Crippen LogP contribution in [-0.2, 0) is 0 Å². The van der Waals surface area contributed by atoms with Crippen LogP contribution in [0, 0.1) is 0 Å². The molecule has 0 amide bonds. The van der Waals surface area contributed by atoms with Crippen LogP contribution in [0.1, 0.15) is 24.0 Å². The van der Waals surface area contributed by atoms with Gasteiger partial charge >= 0.3 is 0 Å². The number of nitrogens with zero attached hydrogens (tertiary/aromatic N) is 3. The molecular weight excluding hydrogens is 320 g/mol. The Morgan fingerprint density at radius 3 is 1.96 bits per heavy atom. The molecule has 0 radical (unpaired) electrons. The standard InChI is InChI=1S/C20H19F2N3/c21-18(22)15-23-19(16-9-3-1-4-10-16)24-20(25-13-7-8-14-25)17-11-5-2-6-12-17/h1-6,9-12,15H,7-8,13-14H2. The molecule has 3 nitrogen and oxygen atoms in total. The van der Waals surface area contributed by atoms with Crippen LogP contribution >= 0.6 is 0 Å². The molecule has 5 heteroatoms. The van der Waals surface area contributed by atoms with E-state index in [4.69, 9.17) is 0 Å². The molecule has 0 aromatic heterocycles. The van der Waals surface area contributed by atoms with E-state index in [0.29, 0.717) is 11.8 Å². The maximum absolute atomic E-state index is 12.6. The number of hydrogen-bond acceptors (Lipinski definition) is 1. The minimum absolute atomic E-state index is 0.277. The number of aliphatic imine (C=N–C) groups is 2. The van der Waals surface area contributed by atoms with Gasteiger partial charge in [-0.1, -0.05) is 60.7 Å². The molecule has 25 heavy (non-hydrogen) atoms. The SMILES string of the molecule is FC(F)=CN=C(N=C(c1ccccc1)N1CCCC1)c1ccccc1. The molecule has 0 bridgehead atoms. The summed E-state index contributed by atoms with van der Waals surface area (Å²) in [6, 6.07) is 19.0. The molecule has 1 aliphatic heterocycles. The number of likely N-dealkylation sites (tertiary alicyclic amines) is 1. The summed E-state index contributed by atoms with van der Waals surface area (Å²) in [7, 11) is 0. The first-order valence-corrected chi connectivity index (χ1v) is 8.27. The van der Waals surface area contributed by atoms with Crippen LogP contribution in [0.3, 0.4) is 0 Å². The van der Waals surface area contributed by atoms with Crippen molar-refractivity contribution < 1.29 is 8.78 Å². The normalized spacial score (nSPS) is 15.4. The highest BCUT2D eigenvalue weighted by atomic mass is 19.3. The number of rotatable bonds is 3. The lowest BCUT2D eigenvalue weighted by molar-refractivity contribution is 0.419. The summed E-state index contributed by atoms with van der Waals surface area (Å²) in [5.74, 6) is 1.05. The van der Waals surface area contributed by atoms with Gasteiger partial charge in [0.15, 0.2) is 5.84 Å². The maximum atomic E-state index is 12.6. The number of halogens is 2. The second-order valence-corrected chi connectivity index (χ2v) is 5.73. The summed E-state index contributed by atoms with van der Waals surface area (Å²) in [5, 5.41) is 0. The lowest BCUT2D eigenvalue weighted by Crippen LogP contribution is -2.29. The molecule has 0 aliphatic carbocycles. The van der Waals surface area contributed by atoms with Crippen LogP contribution in [0.4, 0.5) is 8.78 Å². The van der Waals surface area contributed by atoms with Crippen molar-refractivity contribution in [1.29, 1.82) is 0 Å². The summed E-state index contributed by atoms with van der Waals surface area (Å²) in [5.41, 5.74) is 1.66. The monoisotopic (exact) mass is 339 g/mol. The second kappa shape index (κ2) is 8.33. The fourth-order valence-electron chi connectivity index (χ4n) is 2.80. The van der Waals surface area contributed by atoms with E-state index in [1.54, 1.807) is 0 Å². The van der Waals surface area contributed by atoms with Gasteiger partial charge in [0.1, 0.15) is 5.84 Å². The molecule has 0 spiro atoms. The van der Waals surface area contributed by atoms with Gasteiger partial charge in [-0.05, 0) is 12.8 Å². The summed E-state index contributed by atoms with van der Waals surface area (Å²) >= 11 is 0. The molecule has 2 aromatic rings. The van der Waals surface area contributed by atoms with E-state index in [0.717, 1.165) is 37.3 Å². The maximum Gasteiger partial charge on any atom is 0.288 e. The van der Waals surface area contributed by atoms with Crippen LogP contribution < -0.4 is 0 Å². The van der Waals surface area contributed by atoms with Gasteiger partial charge in [-0.25, -0.2) is 9.98 Å². The topological polar surface area (TPSA) is 28.0 Å². The third-order valence-corrected chi connectivity index (χ3v) is 3.97. The smallest absolute Gasteiger partial charge is 0.288 e. The first kappa shape index (κ1) is 17.0. The van der Waals surface area contributed by atoms with Crippen LogP contribution in [0.2, 0.25) is 0 Å². The van der Waals surface area contributed by atoms with E-state index in [-0.39, 0.29) is 5.84 Å². The quantitative estimate of drug-likeness (QED) is 0.588. The van der Waals surface area contributed by atoms with E-state index >= 15 is 0 Å². The highest BCUT2D eigenvalue weighted by Gasteiger charge is 2.19. The van der Waals surface area contributed by atoms with Gasteiger partial charge in [-0.3, -0.25) is 0 Å². The Morgan fingerprint density at radius 2 is 1.40 bits per heavy atom. The zero-order chi connectivity index (χ0) is 17.5. The van der Waals surface area contributed by atoms with E-state index < -0.39 is 6.08 Å². The van der Waals surface area contributed by atoms with Crippen molar-refractivity contribution in [1.82, 2.24) is 4.90 Å². The van der Waals surface area contributed by atoms with E-state index in [1.807, 2.05) is 60.7 Å². The molecule has 0 unspecified atom stereocenters. The molecule has 3 rings (SSSR count). The molecule has 1 heterocycles. The Morgan fingerprint density at radius 1 is 0.840 bits per heavy atom. The summed E-state index contributed by atoms with van der Waals surface area (Å²) in [6.45, 7) is 1.81. The Kier molecular flexibility index (Phi) is 5.67. The molecule has 1 aliphatic rings.